The van der Waals surface area contributed by atoms with Crippen molar-refractivity contribution in [3.8, 4) is 10.6 Å². The van der Waals surface area contributed by atoms with Crippen LogP contribution in [0.3, 0.4) is 0 Å². The molecule has 2 rings (SSSR count). The van der Waals surface area contributed by atoms with Gasteiger partial charge in [0.1, 0.15) is 5.76 Å². The van der Waals surface area contributed by atoms with E-state index in [1.165, 1.54) is 11.5 Å². The molecule has 74 valence electrons. The third-order valence-corrected chi connectivity index (χ3v) is 2.85. The lowest BCUT2D eigenvalue weighted by atomic mass is 9.92. The lowest BCUT2D eigenvalue weighted by Crippen LogP contribution is -2.10. The number of furan rings is 1. The van der Waals surface area contributed by atoms with Crippen LogP contribution in [-0.2, 0) is 5.41 Å². The van der Waals surface area contributed by atoms with Gasteiger partial charge in [0.2, 0.25) is 0 Å². The van der Waals surface area contributed by atoms with Crippen LogP contribution in [0.2, 0.25) is 0 Å². The molecule has 0 radical (unpaired) electrons. The molecule has 0 aliphatic heterocycles. The summed E-state index contributed by atoms with van der Waals surface area (Å²) in [7, 11) is 0. The standard InChI is InChI=1S/C11H13NOS/c1-11(2,3)10-7-9(14-12-10)8-5-4-6-13-8/h4-7H,1-3H3. The smallest absolute Gasteiger partial charge is 0.145 e. The van der Waals surface area contributed by atoms with Gasteiger partial charge < -0.3 is 4.42 Å². The molecule has 2 nitrogen and oxygen atoms in total. The van der Waals surface area contributed by atoms with Crippen LogP contribution < -0.4 is 0 Å². The van der Waals surface area contributed by atoms with E-state index in [-0.39, 0.29) is 5.41 Å². The molecule has 0 saturated heterocycles. The molecule has 0 N–H and O–H groups in total. The Morgan fingerprint density at radius 1 is 1.36 bits per heavy atom. The molecule has 0 aliphatic carbocycles. The third kappa shape index (κ3) is 1.73. The summed E-state index contributed by atoms with van der Waals surface area (Å²) in [4.78, 5) is 1.10. The van der Waals surface area contributed by atoms with Crippen LogP contribution in [0.1, 0.15) is 26.5 Å². The highest BCUT2D eigenvalue weighted by atomic mass is 32.1. The summed E-state index contributed by atoms with van der Waals surface area (Å²) in [6.07, 6.45) is 1.69. The summed E-state index contributed by atoms with van der Waals surface area (Å²) in [5.74, 6) is 0.901. The van der Waals surface area contributed by atoms with Crippen LogP contribution in [0.4, 0.5) is 0 Å². The predicted molar refractivity (Wildman–Crippen MR) is 58.5 cm³/mol. The Balaban J connectivity index is 2.36. The molecule has 0 amide bonds. The second-order valence-electron chi connectivity index (χ2n) is 4.30. The minimum atomic E-state index is 0.112. The van der Waals surface area contributed by atoms with E-state index < -0.39 is 0 Å². The first-order valence-corrected chi connectivity index (χ1v) is 5.36. The second-order valence-corrected chi connectivity index (χ2v) is 5.11. The van der Waals surface area contributed by atoms with Crippen LogP contribution in [0.15, 0.2) is 28.9 Å². The Morgan fingerprint density at radius 3 is 2.64 bits per heavy atom. The van der Waals surface area contributed by atoms with Crippen molar-refractivity contribution >= 4 is 11.5 Å². The number of hydrogen-bond donors (Lipinski definition) is 0. The van der Waals surface area contributed by atoms with Crippen LogP contribution in [-0.4, -0.2) is 4.37 Å². The van der Waals surface area contributed by atoms with Gasteiger partial charge in [0.25, 0.3) is 0 Å². The predicted octanol–water partition coefficient (Wildman–Crippen LogP) is 3.70. The fourth-order valence-electron chi connectivity index (χ4n) is 1.16. The molecule has 0 fully saturated rings. The van der Waals surface area contributed by atoms with Crippen molar-refractivity contribution in [3.05, 3.63) is 30.2 Å². The highest BCUT2D eigenvalue weighted by Gasteiger charge is 2.18. The van der Waals surface area contributed by atoms with E-state index in [9.17, 15) is 0 Å². The van der Waals surface area contributed by atoms with Crippen molar-refractivity contribution in [1.82, 2.24) is 4.37 Å². The van der Waals surface area contributed by atoms with Gasteiger partial charge in [-0.15, -0.1) is 0 Å². The first-order chi connectivity index (χ1) is 6.57. The summed E-state index contributed by atoms with van der Waals surface area (Å²) < 4.78 is 9.74. The lowest BCUT2D eigenvalue weighted by Gasteiger charge is -2.13. The Hall–Kier alpha value is -1.09. The zero-order chi connectivity index (χ0) is 10.2. The SMILES string of the molecule is CC(C)(C)c1cc(-c2ccco2)sn1. The molecule has 0 aliphatic rings. The minimum absolute atomic E-state index is 0.112. The summed E-state index contributed by atoms with van der Waals surface area (Å²) in [6.45, 7) is 6.48. The van der Waals surface area contributed by atoms with Crippen molar-refractivity contribution in [1.29, 1.82) is 0 Å². The molecular formula is C11H13NOS. The average molecular weight is 207 g/mol. The van der Waals surface area contributed by atoms with Gasteiger partial charge in [0.05, 0.1) is 16.8 Å². The largest absolute Gasteiger partial charge is 0.463 e. The van der Waals surface area contributed by atoms with Gasteiger partial charge in [-0.1, -0.05) is 20.8 Å². The molecule has 0 atom stereocenters. The van der Waals surface area contributed by atoms with Gasteiger partial charge in [-0.3, -0.25) is 0 Å². The van der Waals surface area contributed by atoms with Gasteiger partial charge in [-0.2, -0.15) is 4.37 Å². The zero-order valence-corrected chi connectivity index (χ0v) is 9.39. The summed E-state index contributed by atoms with van der Waals surface area (Å²) in [6, 6.07) is 5.95. The number of aromatic nitrogens is 1. The van der Waals surface area contributed by atoms with Crippen molar-refractivity contribution < 1.29 is 4.42 Å². The van der Waals surface area contributed by atoms with E-state index in [1.54, 1.807) is 6.26 Å². The van der Waals surface area contributed by atoms with Crippen molar-refractivity contribution in [2.75, 3.05) is 0 Å². The van der Waals surface area contributed by atoms with Gasteiger partial charge in [-0.05, 0) is 29.7 Å². The van der Waals surface area contributed by atoms with E-state index in [0.717, 1.165) is 16.3 Å². The quantitative estimate of drug-likeness (QED) is 0.712. The van der Waals surface area contributed by atoms with E-state index in [1.807, 2.05) is 12.1 Å². The summed E-state index contributed by atoms with van der Waals surface area (Å²) in [5.41, 5.74) is 1.23. The van der Waals surface area contributed by atoms with Crippen LogP contribution >= 0.6 is 11.5 Å². The number of rotatable bonds is 1. The molecule has 3 heteroatoms. The fourth-order valence-corrected chi connectivity index (χ4v) is 2.06. The van der Waals surface area contributed by atoms with Gasteiger partial charge >= 0.3 is 0 Å². The van der Waals surface area contributed by atoms with Crippen molar-refractivity contribution in [2.45, 2.75) is 26.2 Å². The normalized spacial score (nSPS) is 11.9. The van der Waals surface area contributed by atoms with Gasteiger partial charge in [0.15, 0.2) is 0 Å². The first kappa shape index (κ1) is 9.46. The molecule has 2 aromatic heterocycles. The van der Waals surface area contributed by atoms with E-state index in [4.69, 9.17) is 4.42 Å². The third-order valence-electron chi connectivity index (χ3n) is 2.04. The van der Waals surface area contributed by atoms with Gasteiger partial charge in [-0.25, -0.2) is 0 Å². The fraction of sp³-hybridized carbons (Fsp3) is 0.364. The maximum atomic E-state index is 5.32. The lowest BCUT2D eigenvalue weighted by molar-refractivity contribution is 0.574. The van der Waals surface area contributed by atoms with E-state index >= 15 is 0 Å². The number of hydrogen-bond acceptors (Lipinski definition) is 3. The van der Waals surface area contributed by atoms with Crippen LogP contribution in [0.5, 0.6) is 0 Å². The van der Waals surface area contributed by atoms with E-state index in [2.05, 4.69) is 31.2 Å². The molecule has 2 aromatic rings. The average Bonchev–Trinajstić information content (AvgIpc) is 2.73. The molecule has 0 saturated carbocycles. The highest BCUT2D eigenvalue weighted by Crippen LogP contribution is 2.30. The Kier molecular flexibility index (Phi) is 2.19. The zero-order valence-electron chi connectivity index (χ0n) is 8.57. The number of nitrogens with zero attached hydrogens (tertiary/aromatic N) is 1. The topological polar surface area (TPSA) is 26.0 Å². The monoisotopic (exact) mass is 207 g/mol. The molecule has 0 spiro atoms. The Morgan fingerprint density at radius 2 is 2.14 bits per heavy atom. The second kappa shape index (κ2) is 3.24. The molecular weight excluding hydrogens is 194 g/mol. The molecule has 0 unspecified atom stereocenters. The van der Waals surface area contributed by atoms with Crippen molar-refractivity contribution in [2.24, 2.45) is 0 Å². The van der Waals surface area contributed by atoms with Gasteiger partial charge in [0, 0.05) is 5.41 Å². The Labute approximate surface area is 87.7 Å². The Bertz CT molecular complexity index is 409. The highest BCUT2D eigenvalue weighted by molar-refractivity contribution is 7.09. The minimum Gasteiger partial charge on any atom is -0.463 e. The van der Waals surface area contributed by atoms with E-state index in [0.29, 0.717) is 0 Å². The summed E-state index contributed by atoms with van der Waals surface area (Å²) in [5, 5.41) is 0. The summed E-state index contributed by atoms with van der Waals surface area (Å²) >= 11 is 1.49. The maximum absolute atomic E-state index is 5.32. The van der Waals surface area contributed by atoms with Crippen LogP contribution in [0, 0.1) is 0 Å². The molecule has 0 bridgehead atoms. The van der Waals surface area contributed by atoms with Crippen molar-refractivity contribution in [3.63, 3.8) is 0 Å². The maximum Gasteiger partial charge on any atom is 0.145 e. The first-order valence-electron chi connectivity index (χ1n) is 4.58. The molecule has 14 heavy (non-hydrogen) atoms. The molecule has 0 aromatic carbocycles. The van der Waals surface area contributed by atoms with Crippen LogP contribution in [0.25, 0.3) is 10.6 Å². The molecule has 2 heterocycles.